The van der Waals surface area contributed by atoms with Crippen LogP contribution in [0.4, 0.5) is 5.69 Å². The number of hydrazone groups is 1. The highest BCUT2D eigenvalue weighted by atomic mass is 16.5. The maximum absolute atomic E-state index is 12.9. The molecular formula is C23H24N4O3. The molecule has 0 aliphatic carbocycles. The average Bonchev–Trinajstić information content (AvgIpc) is 3.26. The lowest BCUT2D eigenvalue weighted by Gasteiger charge is -2.21. The molecule has 0 bridgehead atoms. The van der Waals surface area contributed by atoms with Gasteiger partial charge in [-0.1, -0.05) is 18.2 Å². The third-order valence-electron chi connectivity index (χ3n) is 5.21. The quantitative estimate of drug-likeness (QED) is 0.634. The Balaban J connectivity index is 1.49. The second-order valence-corrected chi connectivity index (χ2v) is 7.04. The van der Waals surface area contributed by atoms with Gasteiger partial charge in [-0.15, -0.1) is 0 Å². The van der Waals surface area contributed by atoms with Gasteiger partial charge < -0.3 is 14.8 Å². The zero-order valence-electron chi connectivity index (χ0n) is 17.0. The minimum absolute atomic E-state index is 0.0866. The SMILES string of the molecule is COc1ccc(NC(=O)C2CCCN2/N=C/c2ccnc3ccccc23)cc1OC. The highest BCUT2D eigenvalue weighted by Crippen LogP contribution is 2.30. The fraction of sp³-hybridized carbons (Fsp3) is 0.261. The van der Waals surface area contributed by atoms with Gasteiger partial charge in [-0.25, -0.2) is 0 Å². The van der Waals surface area contributed by atoms with E-state index < -0.39 is 0 Å². The first kappa shape index (κ1) is 19.7. The van der Waals surface area contributed by atoms with Crippen LogP contribution in [0.5, 0.6) is 11.5 Å². The zero-order valence-corrected chi connectivity index (χ0v) is 17.0. The topological polar surface area (TPSA) is 76.0 Å². The molecule has 2 heterocycles. The Morgan fingerprint density at radius 1 is 1.17 bits per heavy atom. The number of ether oxygens (including phenoxy) is 2. The minimum atomic E-state index is -0.317. The molecule has 7 heteroatoms. The van der Waals surface area contributed by atoms with E-state index in [1.165, 1.54) is 0 Å². The van der Waals surface area contributed by atoms with Gasteiger partial charge in [-0.3, -0.25) is 14.8 Å². The number of para-hydroxylation sites is 1. The zero-order chi connectivity index (χ0) is 20.9. The van der Waals surface area contributed by atoms with Crippen molar-refractivity contribution in [2.45, 2.75) is 18.9 Å². The van der Waals surface area contributed by atoms with Crippen LogP contribution in [0, 0.1) is 0 Å². The van der Waals surface area contributed by atoms with Crippen molar-refractivity contribution >= 4 is 28.7 Å². The molecule has 3 aromatic rings. The van der Waals surface area contributed by atoms with Gasteiger partial charge in [-0.2, -0.15) is 5.10 Å². The van der Waals surface area contributed by atoms with Crippen molar-refractivity contribution < 1.29 is 14.3 Å². The number of fused-ring (bicyclic) bond motifs is 1. The first-order valence-electron chi connectivity index (χ1n) is 9.87. The third kappa shape index (κ3) is 4.05. The summed E-state index contributed by atoms with van der Waals surface area (Å²) in [6.45, 7) is 0.740. The van der Waals surface area contributed by atoms with E-state index in [2.05, 4.69) is 15.4 Å². The van der Waals surface area contributed by atoms with Crippen LogP contribution in [0.3, 0.4) is 0 Å². The summed E-state index contributed by atoms with van der Waals surface area (Å²) in [6.07, 6.45) is 5.26. The largest absolute Gasteiger partial charge is 0.493 e. The Labute approximate surface area is 175 Å². The molecule has 1 aliphatic rings. The van der Waals surface area contributed by atoms with Crippen molar-refractivity contribution in [3.63, 3.8) is 0 Å². The number of amides is 1. The number of nitrogens with one attached hydrogen (secondary N) is 1. The molecule has 1 amide bonds. The number of hydrogen-bond acceptors (Lipinski definition) is 6. The lowest BCUT2D eigenvalue weighted by molar-refractivity contribution is -0.120. The van der Waals surface area contributed by atoms with E-state index in [0.29, 0.717) is 17.2 Å². The number of carbonyl (C=O) groups is 1. The summed E-state index contributed by atoms with van der Waals surface area (Å²) in [4.78, 5) is 17.3. The Bertz CT molecular complexity index is 1080. The molecule has 1 saturated heterocycles. The maximum atomic E-state index is 12.9. The van der Waals surface area contributed by atoms with Crippen LogP contribution in [0.25, 0.3) is 10.9 Å². The Morgan fingerprint density at radius 2 is 2.00 bits per heavy atom. The molecule has 0 saturated carbocycles. The highest BCUT2D eigenvalue weighted by molar-refractivity contribution is 5.98. The van der Waals surface area contributed by atoms with Crippen LogP contribution < -0.4 is 14.8 Å². The first-order valence-corrected chi connectivity index (χ1v) is 9.87. The average molecular weight is 404 g/mol. The molecule has 30 heavy (non-hydrogen) atoms. The van der Waals surface area contributed by atoms with Crippen LogP contribution in [-0.2, 0) is 4.79 Å². The lowest BCUT2D eigenvalue weighted by atomic mass is 10.1. The summed E-state index contributed by atoms with van der Waals surface area (Å²) < 4.78 is 10.6. The Morgan fingerprint density at radius 3 is 2.83 bits per heavy atom. The normalized spacial score (nSPS) is 16.2. The van der Waals surface area contributed by atoms with E-state index >= 15 is 0 Å². The molecule has 2 aromatic carbocycles. The summed E-state index contributed by atoms with van der Waals surface area (Å²) in [7, 11) is 3.15. The van der Waals surface area contributed by atoms with E-state index in [4.69, 9.17) is 9.47 Å². The highest BCUT2D eigenvalue weighted by Gasteiger charge is 2.30. The van der Waals surface area contributed by atoms with Crippen molar-refractivity contribution in [3.8, 4) is 11.5 Å². The van der Waals surface area contributed by atoms with Gasteiger partial charge in [0.05, 0.1) is 26.0 Å². The molecular weight excluding hydrogens is 380 g/mol. The number of benzene rings is 2. The molecule has 4 rings (SSSR count). The van der Waals surface area contributed by atoms with Gasteiger partial charge in [0.2, 0.25) is 5.91 Å². The smallest absolute Gasteiger partial charge is 0.248 e. The predicted molar refractivity (Wildman–Crippen MR) is 117 cm³/mol. The lowest BCUT2D eigenvalue weighted by Crippen LogP contribution is -2.36. The maximum Gasteiger partial charge on any atom is 0.248 e. The molecule has 1 N–H and O–H groups in total. The summed E-state index contributed by atoms with van der Waals surface area (Å²) in [5.74, 6) is 1.10. The predicted octanol–water partition coefficient (Wildman–Crippen LogP) is 3.69. The van der Waals surface area contributed by atoms with Gasteiger partial charge in [0, 0.05) is 35.4 Å². The van der Waals surface area contributed by atoms with E-state index in [-0.39, 0.29) is 11.9 Å². The van der Waals surface area contributed by atoms with Gasteiger partial charge in [0.1, 0.15) is 6.04 Å². The first-order chi connectivity index (χ1) is 14.7. The third-order valence-corrected chi connectivity index (χ3v) is 5.21. The van der Waals surface area contributed by atoms with Crippen LogP contribution >= 0.6 is 0 Å². The van der Waals surface area contributed by atoms with Crippen molar-refractivity contribution in [2.24, 2.45) is 5.10 Å². The van der Waals surface area contributed by atoms with Crippen LogP contribution in [-0.4, -0.2) is 48.9 Å². The van der Waals surface area contributed by atoms with Gasteiger partial charge >= 0.3 is 0 Å². The fourth-order valence-corrected chi connectivity index (χ4v) is 3.66. The molecule has 1 aromatic heterocycles. The summed E-state index contributed by atoms with van der Waals surface area (Å²) in [5.41, 5.74) is 2.56. The number of pyridine rings is 1. The van der Waals surface area contributed by atoms with Crippen molar-refractivity contribution in [3.05, 3.63) is 60.3 Å². The standard InChI is InChI=1S/C23H24N4O3/c1-29-21-10-9-17(14-22(21)30-2)26-23(28)20-8-5-13-27(20)25-15-16-11-12-24-19-7-4-3-6-18(16)19/h3-4,6-7,9-12,14-15,20H,5,8,13H2,1-2H3,(H,26,28)/b25-15+. The van der Waals surface area contributed by atoms with E-state index in [0.717, 1.165) is 35.9 Å². The number of nitrogens with zero attached hydrogens (tertiary/aromatic N) is 3. The molecule has 1 fully saturated rings. The number of carbonyl (C=O) groups excluding carboxylic acids is 1. The number of aromatic nitrogens is 1. The minimum Gasteiger partial charge on any atom is -0.493 e. The molecule has 0 spiro atoms. The monoisotopic (exact) mass is 404 g/mol. The van der Waals surface area contributed by atoms with E-state index in [1.807, 2.05) is 41.6 Å². The number of rotatable bonds is 6. The number of hydrogen-bond donors (Lipinski definition) is 1. The van der Waals surface area contributed by atoms with Gasteiger partial charge in [0.15, 0.2) is 11.5 Å². The number of anilines is 1. The molecule has 1 aliphatic heterocycles. The van der Waals surface area contributed by atoms with Gasteiger partial charge in [0.25, 0.3) is 0 Å². The number of methoxy groups -OCH3 is 2. The summed E-state index contributed by atoms with van der Waals surface area (Å²) in [6, 6.07) is 14.9. The Kier molecular flexibility index (Phi) is 5.79. The molecule has 154 valence electrons. The molecule has 7 nitrogen and oxygen atoms in total. The van der Waals surface area contributed by atoms with Gasteiger partial charge in [-0.05, 0) is 37.1 Å². The second-order valence-electron chi connectivity index (χ2n) is 7.04. The van der Waals surface area contributed by atoms with Crippen LogP contribution in [0.2, 0.25) is 0 Å². The second kappa shape index (κ2) is 8.82. The van der Waals surface area contributed by atoms with Crippen molar-refractivity contribution in [2.75, 3.05) is 26.1 Å². The van der Waals surface area contributed by atoms with Crippen LogP contribution in [0.15, 0.2) is 59.8 Å². The molecule has 0 radical (unpaired) electrons. The van der Waals surface area contributed by atoms with Crippen molar-refractivity contribution in [1.82, 2.24) is 9.99 Å². The van der Waals surface area contributed by atoms with Crippen LogP contribution in [0.1, 0.15) is 18.4 Å². The summed E-state index contributed by atoms with van der Waals surface area (Å²) >= 11 is 0. The van der Waals surface area contributed by atoms with Crippen molar-refractivity contribution in [1.29, 1.82) is 0 Å². The van der Waals surface area contributed by atoms with E-state index in [9.17, 15) is 4.79 Å². The molecule has 1 atom stereocenters. The fourth-order valence-electron chi connectivity index (χ4n) is 3.66. The molecule has 1 unspecified atom stereocenters. The Hall–Kier alpha value is -3.61. The summed E-state index contributed by atoms with van der Waals surface area (Å²) in [5, 5.41) is 10.5. The van der Waals surface area contributed by atoms with E-state index in [1.54, 1.807) is 38.6 Å².